The summed E-state index contributed by atoms with van der Waals surface area (Å²) >= 11 is 0. The van der Waals surface area contributed by atoms with Gasteiger partial charge >= 0.3 is 12.0 Å². The molecular weight excluding hydrogens is 442 g/mol. The van der Waals surface area contributed by atoms with Crippen molar-refractivity contribution in [1.82, 2.24) is 19.4 Å². The maximum Gasteiger partial charge on any atom is 0.336 e. The van der Waals surface area contributed by atoms with Crippen molar-refractivity contribution in [3.63, 3.8) is 0 Å². The lowest BCUT2D eigenvalue weighted by molar-refractivity contribution is 0.0697. The summed E-state index contributed by atoms with van der Waals surface area (Å²) in [5, 5.41) is 12.4. The average molecular weight is 472 g/mol. The molecule has 2 aromatic heterocycles. The first kappa shape index (κ1) is 23.9. The number of rotatable bonds is 7. The van der Waals surface area contributed by atoms with Crippen LogP contribution >= 0.6 is 0 Å². The number of pyridine rings is 1. The van der Waals surface area contributed by atoms with E-state index in [0.29, 0.717) is 17.8 Å². The lowest BCUT2D eigenvalue weighted by Crippen LogP contribution is -2.27. The number of carboxylic acids is 1. The molecule has 0 aliphatic heterocycles. The molecule has 2 amide bonds. The number of aromatic nitrogens is 3. The third-order valence-corrected chi connectivity index (χ3v) is 5.87. The molecule has 0 radical (unpaired) electrons. The highest BCUT2D eigenvalue weighted by Crippen LogP contribution is 2.26. The van der Waals surface area contributed by atoms with Crippen LogP contribution < -0.4 is 5.32 Å². The number of amides is 2. The van der Waals surface area contributed by atoms with Crippen molar-refractivity contribution in [2.45, 2.75) is 33.2 Å². The van der Waals surface area contributed by atoms with Crippen molar-refractivity contribution in [3.8, 4) is 11.1 Å². The maximum absolute atomic E-state index is 12.1. The maximum atomic E-state index is 12.1. The molecule has 0 unspecified atom stereocenters. The van der Waals surface area contributed by atoms with E-state index in [1.54, 1.807) is 26.2 Å². The molecule has 2 N–H and O–H groups in total. The summed E-state index contributed by atoms with van der Waals surface area (Å²) in [7, 11) is 3.38. The SMILES string of the molecule is CCCc1nc2cc(NC(=O)N(C)C)c(C)nc2n1Cc1ccc(-c2ccccc2C(=O)O)cc1. The molecule has 0 aliphatic rings. The predicted molar refractivity (Wildman–Crippen MR) is 137 cm³/mol. The van der Waals surface area contributed by atoms with E-state index < -0.39 is 5.97 Å². The molecule has 0 aliphatic carbocycles. The predicted octanol–water partition coefficient (Wildman–Crippen LogP) is 5.20. The fourth-order valence-electron chi connectivity index (χ4n) is 4.01. The molecule has 0 spiro atoms. The Morgan fingerprint density at radius 2 is 1.77 bits per heavy atom. The first-order valence-electron chi connectivity index (χ1n) is 11.5. The Morgan fingerprint density at radius 1 is 1.06 bits per heavy atom. The number of aryl methyl sites for hydroxylation is 2. The number of anilines is 1. The van der Waals surface area contributed by atoms with Crippen LogP contribution in [0.5, 0.6) is 0 Å². The molecule has 0 atom stereocenters. The van der Waals surface area contributed by atoms with E-state index in [1.807, 2.05) is 49.4 Å². The molecule has 0 bridgehead atoms. The number of hydrogen-bond acceptors (Lipinski definition) is 4. The van der Waals surface area contributed by atoms with E-state index in [1.165, 1.54) is 4.90 Å². The normalized spacial score (nSPS) is 11.0. The topological polar surface area (TPSA) is 100 Å². The van der Waals surface area contributed by atoms with E-state index in [-0.39, 0.29) is 11.6 Å². The van der Waals surface area contributed by atoms with Gasteiger partial charge in [-0.25, -0.2) is 19.6 Å². The van der Waals surface area contributed by atoms with Crippen molar-refractivity contribution in [1.29, 1.82) is 0 Å². The van der Waals surface area contributed by atoms with Gasteiger partial charge in [0.05, 0.1) is 23.5 Å². The number of carboxylic acid groups (broad SMARTS) is 1. The van der Waals surface area contributed by atoms with Crippen molar-refractivity contribution in [3.05, 3.63) is 77.2 Å². The molecule has 35 heavy (non-hydrogen) atoms. The summed E-state index contributed by atoms with van der Waals surface area (Å²) in [4.78, 5) is 34.8. The number of nitrogens with one attached hydrogen (secondary N) is 1. The van der Waals surface area contributed by atoms with Crippen LogP contribution in [0.25, 0.3) is 22.3 Å². The van der Waals surface area contributed by atoms with Gasteiger partial charge in [0.2, 0.25) is 0 Å². The zero-order chi connectivity index (χ0) is 25.1. The van der Waals surface area contributed by atoms with Gasteiger partial charge in [0, 0.05) is 20.5 Å². The summed E-state index contributed by atoms with van der Waals surface area (Å²) in [6.45, 7) is 4.57. The van der Waals surface area contributed by atoms with Gasteiger partial charge in [-0.2, -0.15) is 0 Å². The Hall–Kier alpha value is -4.20. The summed E-state index contributed by atoms with van der Waals surface area (Å²) in [5.74, 6) is -0.00728. The second-order valence-electron chi connectivity index (χ2n) is 8.70. The highest BCUT2D eigenvalue weighted by molar-refractivity contribution is 5.96. The molecule has 0 saturated carbocycles. The van der Waals surface area contributed by atoms with Gasteiger partial charge in [-0.15, -0.1) is 0 Å². The number of carbonyl (C=O) groups is 2. The van der Waals surface area contributed by atoms with Crippen molar-refractivity contribution < 1.29 is 14.7 Å². The van der Waals surface area contributed by atoms with Crippen molar-refractivity contribution >= 4 is 28.9 Å². The summed E-state index contributed by atoms with van der Waals surface area (Å²) in [5.41, 5.74) is 5.75. The smallest absolute Gasteiger partial charge is 0.336 e. The molecule has 2 aromatic carbocycles. The Morgan fingerprint density at radius 3 is 2.43 bits per heavy atom. The third kappa shape index (κ3) is 5.01. The van der Waals surface area contributed by atoms with E-state index in [0.717, 1.165) is 46.7 Å². The minimum atomic E-state index is -0.943. The first-order valence-corrected chi connectivity index (χ1v) is 11.5. The Bertz CT molecular complexity index is 1390. The monoisotopic (exact) mass is 471 g/mol. The number of imidazole rings is 1. The van der Waals surface area contributed by atoms with Gasteiger partial charge in [-0.3, -0.25) is 0 Å². The van der Waals surface area contributed by atoms with E-state index in [2.05, 4.69) is 16.8 Å². The standard InChI is InChI=1S/C27H29N5O3/c1-5-8-24-29-23-15-22(30-27(35)31(3)4)17(2)28-25(23)32(24)16-18-11-13-19(14-12-18)20-9-6-7-10-21(20)26(33)34/h6-7,9-15H,5,8,16H2,1-4H3,(H,30,35)(H,33,34). The Labute approximate surface area is 204 Å². The van der Waals surface area contributed by atoms with Gasteiger partial charge in [0.1, 0.15) is 11.3 Å². The van der Waals surface area contributed by atoms with Crippen LogP contribution in [0, 0.1) is 6.92 Å². The number of benzene rings is 2. The van der Waals surface area contributed by atoms with E-state index in [4.69, 9.17) is 9.97 Å². The van der Waals surface area contributed by atoms with Crippen LogP contribution in [0.4, 0.5) is 10.5 Å². The van der Waals surface area contributed by atoms with Crippen molar-refractivity contribution in [2.24, 2.45) is 0 Å². The van der Waals surface area contributed by atoms with Gasteiger partial charge in [-0.1, -0.05) is 49.4 Å². The van der Waals surface area contributed by atoms with Gasteiger partial charge < -0.3 is 19.9 Å². The first-order chi connectivity index (χ1) is 16.8. The molecule has 180 valence electrons. The van der Waals surface area contributed by atoms with Crippen LogP contribution in [0.3, 0.4) is 0 Å². The third-order valence-electron chi connectivity index (χ3n) is 5.87. The molecule has 4 aromatic rings. The second kappa shape index (κ2) is 9.97. The zero-order valence-electron chi connectivity index (χ0n) is 20.4. The van der Waals surface area contributed by atoms with Crippen LogP contribution in [-0.2, 0) is 13.0 Å². The van der Waals surface area contributed by atoms with Crippen LogP contribution in [0.1, 0.15) is 40.8 Å². The average Bonchev–Trinajstić information content (AvgIpc) is 3.15. The fraction of sp³-hybridized carbons (Fsp3) is 0.259. The van der Waals surface area contributed by atoms with Gasteiger partial charge in [0.15, 0.2) is 5.65 Å². The second-order valence-corrected chi connectivity index (χ2v) is 8.70. The number of hydrogen-bond donors (Lipinski definition) is 2. The molecule has 0 saturated heterocycles. The van der Waals surface area contributed by atoms with E-state index >= 15 is 0 Å². The van der Waals surface area contributed by atoms with E-state index in [9.17, 15) is 14.7 Å². The van der Waals surface area contributed by atoms with Crippen molar-refractivity contribution in [2.75, 3.05) is 19.4 Å². The number of aromatic carboxylic acids is 1. The lowest BCUT2D eigenvalue weighted by atomic mass is 9.99. The quantitative estimate of drug-likeness (QED) is 0.386. The van der Waals surface area contributed by atoms with Gasteiger partial charge in [0.25, 0.3) is 0 Å². The van der Waals surface area contributed by atoms with Crippen LogP contribution in [0.2, 0.25) is 0 Å². The molecule has 2 heterocycles. The molecule has 4 rings (SSSR count). The lowest BCUT2D eigenvalue weighted by Gasteiger charge is -2.14. The summed E-state index contributed by atoms with van der Waals surface area (Å²) in [6.07, 6.45) is 1.75. The Kier molecular flexibility index (Phi) is 6.82. The molecule has 8 heteroatoms. The molecule has 8 nitrogen and oxygen atoms in total. The highest BCUT2D eigenvalue weighted by Gasteiger charge is 2.16. The number of nitrogens with zero attached hydrogens (tertiary/aromatic N) is 4. The largest absolute Gasteiger partial charge is 0.478 e. The van der Waals surface area contributed by atoms with Gasteiger partial charge in [-0.05, 0) is 42.2 Å². The number of fused-ring (bicyclic) bond motifs is 1. The number of urea groups is 1. The van der Waals surface area contributed by atoms with Crippen LogP contribution in [0.15, 0.2) is 54.6 Å². The summed E-state index contributed by atoms with van der Waals surface area (Å²) in [6, 6.07) is 16.6. The fourth-order valence-corrected chi connectivity index (χ4v) is 4.01. The molecule has 0 fully saturated rings. The minimum Gasteiger partial charge on any atom is -0.478 e. The summed E-state index contributed by atoms with van der Waals surface area (Å²) < 4.78 is 2.11. The number of carbonyl (C=O) groups excluding carboxylic acids is 1. The Balaban J connectivity index is 1.68. The highest BCUT2D eigenvalue weighted by atomic mass is 16.4. The zero-order valence-corrected chi connectivity index (χ0v) is 20.4. The minimum absolute atomic E-state index is 0.216. The van der Waals surface area contributed by atoms with Crippen LogP contribution in [-0.4, -0.2) is 50.6 Å². The molecular formula is C27H29N5O3.